The number of methoxy groups -OCH3 is 1. The lowest BCUT2D eigenvalue weighted by molar-refractivity contribution is -0.106. The van der Waals surface area contributed by atoms with Crippen LogP contribution >= 0.6 is 0 Å². The third kappa shape index (κ3) is 2.46. The number of fused-ring (bicyclic) bond motifs is 1. The normalized spacial score (nSPS) is 22.4. The number of ether oxygens (including phenoxy) is 2. The molecular weight excluding hydrogens is 258 g/mol. The first-order valence-electron chi connectivity index (χ1n) is 6.65. The lowest BCUT2D eigenvalue weighted by Gasteiger charge is -2.43. The van der Waals surface area contributed by atoms with Gasteiger partial charge < -0.3 is 14.4 Å². The predicted molar refractivity (Wildman–Crippen MR) is 73.8 cm³/mol. The van der Waals surface area contributed by atoms with Crippen molar-refractivity contribution in [2.45, 2.75) is 25.6 Å². The molecule has 0 radical (unpaired) electrons. The molecule has 7 heteroatoms. The average Bonchev–Trinajstić information content (AvgIpc) is 2.85. The monoisotopic (exact) mass is 277 g/mol. The van der Waals surface area contributed by atoms with E-state index in [1.165, 1.54) is 0 Å². The van der Waals surface area contributed by atoms with Gasteiger partial charge in [0.1, 0.15) is 6.33 Å². The summed E-state index contributed by atoms with van der Waals surface area (Å²) >= 11 is 0. The summed E-state index contributed by atoms with van der Waals surface area (Å²) in [5.74, 6) is 0.836. The molecule has 2 aromatic heterocycles. The highest BCUT2D eigenvalue weighted by Crippen LogP contribution is 2.26. The van der Waals surface area contributed by atoms with Crippen LogP contribution in [0.2, 0.25) is 0 Å². The molecule has 20 heavy (non-hydrogen) atoms. The summed E-state index contributed by atoms with van der Waals surface area (Å²) in [5, 5.41) is 8.09. The van der Waals surface area contributed by atoms with Crippen LogP contribution in [0.1, 0.15) is 13.8 Å². The van der Waals surface area contributed by atoms with Gasteiger partial charge in [-0.3, -0.25) is 4.40 Å². The molecule has 0 saturated carbocycles. The van der Waals surface area contributed by atoms with E-state index < -0.39 is 0 Å². The molecule has 1 aliphatic rings. The topological polar surface area (TPSA) is 64.8 Å². The van der Waals surface area contributed by atoms with E-state index in [2.05, 4.69) is 33.9 Å². The summed E-state index contributed by atoms with van der Waals surface area (Å²) in [4.78, 5) is 6.66. The van der Waals surface area contributed by atoms with Gasteiger partial charge >= 0.3 is 0 Å². The first kappa shape index (κ1) is 13.3. The minimum Gasteiger partial charge on any atom is -0.382 e. The SMILES string of the molecule is COC[C@@H]1CN(c2nccn3cnnc23)CC(C)(C)O1. The van der Waals surface area contributed by atoms with Gasteiger partial charge in [-0.2, -0.15) is 0 Å². The molecule has 1 fully saturated rings. The van der Waals surface area contributed by atoms with E-state index in [9.17, 15) is 0 Å². The number of hydrogen-bond acceptors (Lipinski definition) is 6. The number of anilines is 1. The largest absolute Gasteiger partial charge is 0.382 e. The van der Waals surface area contributed by atoms with Crippen LogP contribution in [0.25, 0.3) is 5.65 Å². The van der Waals surface area contributed by atoms with E-state index in [-0.39, 0.29) is 11.7 Å². The second-order valence-electron chi connectivity index (χ2n) is 5.65. The summed E-state index contributed by atoms with van der Waals surface area (Å²) in [6, 6.07) is 0. The highest BCUT2D eigenvalue weighted by molar-refractivity contribution is 5.63. The molecule has 1 atom stereocenters. The summed E-state index contributed by atoms with van der Waals surface area (Å²) in [7, 11) is 1.69. The quantitative estimate of drug-likeness (QED) is 0.825. The summed E-state index contributed by atoms with van der Waals surface area (Å²) in [6.07, 6.45) is 5.31. The first-order chi connectivity index (χ1) is 9.59. The molecule has 3 heterocycles. The summed E-state index contributed by atoms with van der Waals surface area (Å²) in [5.41, 5.74) is 0.511. The molecular formula is C13H19N5O2. The number of nitrogens with zero attached hydrogens (tertiary/aromatic N) is 5. The van der Waals surface area contributed by atoms with E-state index in [0.29, 0.717) is 6.61 Å². The average molecular weight is 277 g/mol. The molecule has 0 bridgehead atoms. The van der Waals surface area contributed by atoms with Crippen LogP contribution < -0.4 is 4.90 Å². The smallest absolute Gasteiger partial charge is 0.203 e. The van der Waals surface area contributed by atoms with Crippen LogP contribution in [-0.4, -0.2) is 58.1 Å². The van der Waals surface area contributed by atoms with E-state index in [1.54, 1.807) is 19.6 Å². The molecule has 0 unspecified atom stereocenters. The van der Waals surface area contributed by atoms with Crippen LogP contribution in [0.15, 0.2) is 18.7 Å². The molecule has 0 aliphatic carbocycles. The zero-order chi connectivity index (χ0) is 14.2. The molecule has 7 nitrogen and oxygen atoms in total. The third-order valence-electron chi connectivity index (χ3n) is 3.33. The minimum absolute atomic E-state index is 0.0220. The maximum absolute atomic E-state index is 6.02. The van der Waals surface area contributed by atoms with Gasteiger partial charge in [-0.1, -0.05) is 0 Å². The van der Waals surface area contributed by atoms with E-state index in [1.807, 2.05) is 10.6 Å². The van der Waals surface area contributed by atoms with Gasteiger partial charge in [0.2, 0.25) is 5.65 Å². The second-order valence-corrected chi connectivity index (χ2v) is 5.65. The summed E-state index contributed by atoms with van der Waals surface area (Å²) < 4.78 is 13.1. The molecule has 0 amide bonds. The zero-order valence-electron chi connectivity index (χ0n) is 12.0. The van der Waals surface area contributed by atoms with Crippen LogP contribution in [0, 0.1) is 0 Å². The number of aromatic nitrogens is 4. The Morgan fingerprint density at radius 3 is 3.15 bits per heavy atom. The third-order valence-corrected chi connectivity index (χ3v) is 3.33. The highest BCUT2D eigenvalue weighted by Gasteiger charge is 2.34. The number of hydrogen-bond donors (Lipinski definition) is 0. The van der Waals surface area contributed by atoms with Crippen molar-refractivity contribution in [1.29, 1.82) is 0 Å². The Morgan fingerprint density at radius 2 is 2.35 bits per heavy atom. The minimum atomic E-state index is -0.254. The maximum Gasteiger partial charge on any atom is 0.203 e. The van der Waals surface area contributed by atoms with Gasteiger partial charge in [0.25, 0.3) is 0 Å². The van der Waals surface area contributed by atoms with Crippen molar-refractivity contribution in [2.24, 2.45) is 0 Å². The lowest BCUT2D eigenvalue weighted by atomic mass is 10.1. The maximum atomic E-state index is 6.02. The molecule has 2 aromatic rings. The van der Waals surface area contributed by atoms with Gasteiger partial charge in [-0.25, -0.2) is 4.98 Å². The lowest BCUT2D eigenvalue weighted by Crippen LogP contribution is -2.54. The Bertz CT molecular complexity index is 597. The Balaban J connectivity index is 1.94. The van der Waals surface area contributed by atoms with Gasteiger partial charge in [-0.05, 0) is 13.8 Å². The molecule has 1 saturated heterocycles. The Labute approximate surface area is 117 Å². The fourth-order valence-corrected chi connectivity index (χ4v) is 2.70. The summed E-state index contributed by atoms with van der Waals surface area (Å²) in [6.45, 7) is 6.21. The predicted octanol–water partition coefficient (Wildman–Crippen LogP) is 0.754. The van der Waals surface area contributed by atoms with Crippen molar-refractivity contribution in [1.82, 2.24) is 19.6 Å². The van der Waals surface area contributed by atoms with Crippen LogP contribution in [0.4, 0.5) is 5.82 Å². The van der Waals surface area contributed by atoms with E-state index in [4.69, 9.17) is 9.47 Å². The Hall–Kier alpha value is -1.73. The van der Waals surface area contributed by atoms with Crippen molar-refractivity contribution in [3.63, 3.8) is 0 Å². The van der Waals surface area contributed by atoms with Crippen molar-refractivity contribution in [3.8, 4) is 0 Å². The van der Waals surface area contributed by atoms with Crippen molar-refractivity contribution >= 4 is 11.5 Å². The van der Waals surface area contributed by atoms with E-state index >= 15 is 0 Å². The van der Waals surface area contributed by atoms with Gasteiger partial charge in [0.05, 0.1) is 18.3 Å². The van der Waals surface area contributed by atoms with Gasteiger partial charge in [0, 0.05) is 32.6 Å². The van der Waals surface area contributed by atoms with Gasteiger partial charge in [0.15, 0.2) is 5.82 Å². The van der Waals surface area contributed by atoms with Crippen LogP contribution in [-0.2, 0) is 9.47 Å². The molecule has 1 aliphatic heterocycles. The van der Waals surface area contributed by atoms with Crippen molar-refractivity contribution < 1.29 is 9.47 Å². The molecule has 108 valence electrons. The first-order valence-corrected chi connectivity index (χ1v) is 6.65. The highest BCUT2D eigenvalue weighted by atomic mass is 16.5. The van der Waals surface area contributed by atoms with Crippen LogP contribution in [0.3, 0.4) is 0 Å². The van der Waals surface area contributed by atoms with Crippen molar-refractivity contribution in [2.75, 3.05) is 31.7 Å². The Morgan fingerprint density at radius 1 is 1.50 bits per heavy atom. The van der Waals surface area contributed by atoms with Gasteiger partial charge in [-0.15, -0.1) is 10.2 Å². The Kier molecular flexibility index (Phi) is 3.31. The number of morpholine rings is 1. The fraction of sp³-hybridized carbons (Fsp3) is 0.615. The fourth-order valence-electron chi connectivity index (χ4n) is 2.70. The molecule has 0 N–H and O–H groups in total. The van der Waals surface area contributed by atoms with E-state index in [0.717, 1.165) is 24.6 Å². The molecule has 0 spiro atoms. The molecule has 0 aromatic carbocycles. The standard InChI is InChI=1S/C13H19N5O2/c1-13(2)8-18(6-10(20-13)7-19-3)11-12-16-15-9-17(12)5-4-14-11/h4-5,9-10H,6-8H2,1-3H3/t10-/m0/s1. The molecule has 3 rings (SSSR count). The van der Waals surface area contributed by atoms with Crippen molar-refractivity contribution in [3.05, 3.63) is 18.7 Å². The van der Waals surface area contributed by atoms with Crippen LogP contribution in [0.5, 0.6) is 0 Å². The second kappa shape index (κ2) is 4.99. The zero-order valence-corrected chi connectivity index (χ0v) is 12.0. The number of rotatable bonds is 3.